The van der Waals surface area contributed by atoms with Gasteiger partial charge in [-0.2, -0.15) is 4.58 Å². The molecule has 0 aromatic rings. The molecular weight excluding hydrogens is 96.0 g/mol. The predicted octanol–water partition coefficient (Wildman–Crippen LogP) is -1.17. The van der Waals surface area contributed by atoms with E-state index in [1.54, 1.807) is 0 Å². The van der Waals surface area contributed by atoms with Gasteiger partial charge in [0.2, 0.25) is 0 Å². The Morgan fingerprint density at radius 1 is 1.57 bits per heavy atom. The van der Waals surface area contributed by atoms with E-state index in [-0.39, 0.29) is 11.4 Å². The lowest BCUT2D eigenvalue weighted by atomic mass is 10.3. The first kappa shape index (κ1) is 9.66. The second kappa shape index (κ2) is 5.43. The van der Waals surface area contributed by atoms with Gasteiger partial charge in [-0.25, -0.2) is 0 Å². The Kier molecular flexibility index (Phi) is 7.49. The highest BCUT2D eigenvalue weighted by Crippen LogP contribution is 1.79. The molecule has 0 fully saturated rings. The van der Waals surface area contributed by atoms with Crippen molar-refractivity contribution in [1.29, 1.82) is 0 Å². The molecule has 0 saturated heterocycles. The van der Waals surface area contributed by atoms with E-state index < -0.39 is 0 Å². The van der Waals surface area contributed by atoms with Crippen molar-refractivity contribution in [3.63, 3.8) is 0 Å². The molecule has 2 N–H and O–H groups in total. The van der Waals surface area contributed by atoms with Crippen LogP contribution in [-0.2, 0) is 4.58 Å². The van der Waals surface area contributed by atoms with Gasteiger partial charge in [-0.1, -0.05) is 13.8 Å². The predicted molar refractivity (Wildman–Crippen MR) is 24.5 cm³/mol. The summed E-state index contributed by atoms with van der Waals surface area (Å²) in [7, 11) is 0. The van der Waals surface area contributed by atoms with Crippen molar-refractivity contribution in [1.82, 2.24) is 0 Å². The van der Waals surface area contributed by atoms with Gasteiger partial charge in [0.05, 0.1) is 5.92 Å². The number of hydrogen-bond donors (Lipinski definition) is 0. The molecule has 0 radical (unpaired) electrons. The summed E-state index contributed by atoms with van der Waals surface area (Å²) in [4.78, 5) is 0. The molecule has 3 nitrogen and oxygen atoms in total. The highest BCUT2D eigenvalue weighted by Gasteiger charge is 1.89. The van der Waals surface area contributed by atoms with Gasteiger partial charge in [-0.3, -0.25) is 0 Å². The van der Waals surface area contributed by atoms with Crippen LogP contribution < -0.4 is 5.26 Å². The van der Waals surface area contributed by atoms with Crippen molar-refractivity contribution < 1.29 is 15.3 Å². The van der Waals surface area contributed by atoms with Crippen LogP contribution in [-0.4, -0.2) is 11.8 Å². The molecular formula is C4H10O3. The zero-order valence-corrected chi connectivity index (χ0v) is 4.47. The monoisotopic (exact) mass is 106 g/mol. The SMILES string of the molecule is CC(C)C=[O+][O-].O. The highest BCUT2D eigenvalue weighted by atomic mass is 17.1. The van der Waals surface area contributed by atoms with Crippen LogP contribution in [0.15, 0.2) is 0 Å². The Labute approximate surface area is 42.5 Å². The Balaban J connectivity index is 0. The largest absolute Gasteiger partial charge is 0.463 e. The summed E-state index contributed by atoms with van der Waals surface area (Å²) < 4.78 is 3.43. The normalized spacial score (nSPS) is 9.57. The van der Waals surface area contributed by atoms with Gasteiger partial charge in [0, 0.05) is 0 Å². The molecule has 0 aliphatic carbocycles. The second-order valence-electron chi connectivity index (χ2n) is 1.48. The van der Waals surface area contributed by atoms with Crippen molar-refractivity contribution in [2.75, 3.05) is 0 Å². The molecule has 0 unspecified atom stereocenters. The number of hydrogen-bond acceptors (Lipinski definition) is 1. The van der Waals surface area contributed by atoms with E-state index in [0.29, 0.717) is 0 Å². The van der Waals surface area contributed by atoms with E-state index in [1.807, 2.05) is 13.8 Å². The van der Waals surface area contributed by atoms with Crippen molar-refractivity contribution >= 4 is 6.29 Å². The Morgan fingerprint density at radius 2 is 2.00 bits per heavy atom. The molecule has 0 aliphatic heterocycles. The van der Waals surface area contributed by atoms with Gasteiger partial charge in [0.1, 0.15) is 0 Å². The van der Waals surface area contributed by atoms with Crippen LogP contribution >= 0.6 is 0 Å². The number of carbonyl (C=O) groups excluding carboxylic acids is 1. The summed E-state index contributed by atoms with van der Waals surface area (Å²) in [5.74, 6) is 0.238. The van der Waals surface area contributed by atoms with Crippen LogP contribution in [0.3, 0.4) is 0 Å². The number of aldehydes is 1. The summed E-state index contributed by atoms with van der Waals surface area (Å²) in [5.41, 5.74) is 0. The summed E-state index contributed by atoms with van der Waals surface area (Å²) in [6.07, 6.45) is 1.24. The summed E-state index contributed by atoms with van der Waals surface area (Å²) in [6.45, 7) is 3.75. The molecule has 0 aliphatic rings. The molecule has 7 heavy (non-hydrogen) atoms. The summed E-state index contributed by atoms with van der Waals surface area (Å²) in [6, 6.07) is 0. The standard InChI is InChI=1S/C4H8O2.H2O/c1-4(2)3-6-5;/h3-4H,1-2H3;1H2. The molecule has 0 aromatic heterocycles. The van der Waals surface area contributed by atoms with E-state index in [4.69, 9.17) is 0 Å². The lowest BCUT2D eigenvalue weighted by Gasteiger charge is -1.77. The molecule has 0 amide bonds. The lowest BCUT2D eigenvalue weighted by Crippen LogP contribution is -2.00. The molecule has 0 heterocycles. The minimum atomic E-state index is 0. The zero-order valence-electron chi connectivity index (χ0n) is 4.47. The average molecular weight is 106 g/mol. The zero-order chi connectivity index (χ0) is 4.99. The van der Waals surface area contributed by atoms with Crippen molar-refractivity contribution in [3.05, 3.63) is 0 Å². The minimum absolute atomic E-state index is 0. The quantitative estimate of drug-likeness (QED) is 0.180. The Bertz CT molecular complexity index is 48.9. The third kappa shape index (κ3) is 10.8. The van der Waals surface area contributed by atoms with Crippen LogP contribution in [0.2, 0.25) is 0 Å². The molecule has 3 heteroatoms. The van der Waals surface area contributed by atoms with Crippen molar-refractivity contribution in [2.45, 2.75) is 13.8 Å². The topological polar surface area (TPSA) is 65.9 Å². The van der Waals surface area contributed by atoms with Gasteiger partial charge < -0.3 is 10.7 Å². The van der Waals surface area contributed by atoms with E-state index in [0.717, 1.165) is 0 Å². The Morgan fingerprint density at radius 3 is 2.00 bits per heavy atom. The van der Waals surface area contributed by atoms with Gasteiger partial charge >= 0.3 is 6.29 Å². The first-order valence-corrected chi connectivity index (χ1v) is 1.89. The highest BCUT2D eigenvalue weighted by molar-refractivity contribution is 5.52. The molecule has 0 rings (SSSR count). The second-order valence-corrected chi connectivity index (χ2v) is 1.48. The van der Waals surface area contributed by atoms with Gasteiger partial charge in [-0.15, -0.1) is 0 Å². The van der Waals surface area contributed by atoms with Crippen molar-refractivity contribution in [2.24, 2.45) is 5.92 Å². The van der Waals surface area contributed by atoms with E-state index in [9.17, 15) is 5.26 Å². The smallest absolute Gasteiger partial charge is 0.320 e. The van der Waals surface area contributed by atoms with Gasteiger partial charge in [0.25, 0.3) is 0 Å². The van der Waals surface area contributed by atoms with Crippen molar-refractivity contribution in [3.8, 4) is 0 Å². The first-order chi connectivity index (χ1) is 2.77. The molecule has 0 spiro atoms. The van der Waals surface area contributed by atoms with Gasteiger partial charge in [0.15, 0.2) is 0 Å². The maximum absolute atomic E-state index is 9.18. The fourth-order valence-electron chi connectivity index (χ4n) is 0.111. The summed E-state index contributed by atoms with van der Waals surface area (Å²) in [5, 5.41) is 9.18. The van der Waals surface area contributed by atoms with Crippen LogP contribution in [0.25, 0.3) is 0 Å². The molecule has 0 aromatic carbocycles. The molecule has 0 saturated carbocycles. The first-order valence-electron chi connectivity index (χ1n) is 1.89. The average Bonchev–Trinajstić information content (AvgIpc) is 1.35. The van der Waals surface area contributed by atoms with E-state index in [1.165, 1.54) is 6.29 Å². The summed E-state index contributed by atoms with van der Waals surface area (Å²) >= 11 is 0. The van der Waals surface area contributed by atoms with Crippen LogP contribution in [0.5, 0.6) is 0 Å². The van der Waals surface area contributed by atoms with Crippen LogP contribution in [0.4, 0.5) is 0 Å². The van der Waals surface area contributed by atoms with Gasteiger partial charge in [-0.05, 0) is 0 Å². The van der Waals surface area contributed by atoms with Crippen LogP contribution in [0, 0.1) is 5.92 Å². The minimum Gasteiger partial charge on any atom is -0.463 e. The number of rotatable bonds is 1. The fourth-order valence-corrected chi connectivity index (χ4v) is 0.111. The Hall–Kier alpha value is -0.570. The van der Waals surface area contributed by atoms with E-state index in [2.05, 4.69) is 4.58 Å². The third-order valence-electron chi connectivity index (χ3n) is 0.328. The molecule has 0 atom stereocenters. The van der Waals surface area contributed by atoms with Crippen LogP contribution in [0.1, 0.15) is 13.8 Å². The third-order valence-corrected chi connectivity index (χ3v) is 0.328. The van der Waals surface area contributed by atoms with E-state index >= 15 is 0 Å². The lowest BCUT2D eigenvalue weighted by molar-refractivity contribution is -1.04. The maximum atomic E-state index is 9.18. The molecule has 0 bridgehead atoms. The maximum Gasteiger partial charge on any atom is 0.320 e. The fraction of sp³-hybridized carbons (Fsp3) is 0.750. The molecule has 44 valence electrons.